The van der Waals surface area contributed by atoms with Gasteiger partial charge in [0, 0.05) is 11.8 Å². The van der Waals surface area contributed by atoms with Crippen molar-refractivity contribution in [3.63, 3.8) is 0 Å². The highest BCUT2D eigenvalue weighted by atomic mass is 35.5. The number of hydrogen-bond acceptors (Lipinski definition) is 4. The minimum Gasteiger partial charge on any atom is -0.251 e. The highest BCUT2D eigenvalue weighted by Gasteiger charge is 2.20. The topological polar surface area (TPSA) is 62.5 Å². The van der Waals surface area contributed by atoms with Crippen LogP contribution in [0.4, 0.5) is 0 Å². The molecule has 0 saturated carbocycles. The van der Waals surface area contributed by atoms with Crippen LogP contribution in [-0.4, -0.2) is 15.0 Å². The summed E-state index contributed by atoms with van der Waals surface area (Å²) < 4.78 is 0. The van der Waals surface area contributed by atoms with E-state index in [0.29, 0.717) is 11.4 Å². The predicted octanol–water partition coefficient (Wildman–Crippen LogP) is 4.16. The molecule has 1 atom stereocenters. The number of aryl methyl sites for hydroxylation is 1. The molecule has 0 bridgehead atoms. The van der Waals surface area contributed by atoms with Crippen LogP contribution in [0.2, 0.25) is 5.28 Å². The van der Waals surface area contributed by atoms with Gasteiger partial charge in [-0.3, -0.25) is 4.98 Å². The van der Waals surface area contributed by atoms with Gasteiger partial charge in [-0.2, -0.15) is 5.26 Å². The molecule has 0 fully saturated rings. The number of nitriles is 1. The summed E-state index contributed by atoms with van der Waals surface area (Å²) in [5, 5.41) is 9.75. The summed E-state index contributed by atoms with van der Waals surface area (Å²) in [5.41, 5.74) is 3.87. The number of aromatic nitrogens is 3. The van der Waals surface area contributed by atoms with Gasteiger partial charge in [-0.25, -0.2) is 9.97 Å². The second-order valence-corrected chi connectivity index (χ2v) is 5.42. The molecule has 1 unspecified atom stereocenters. The first-order chi connectivity index (χ1) is 11.2. The van der Waals surface area contributed by atoms with Crippen molar-refractivity contribution in [2.24, 2.45) is 0 Å². The van der Waals surface area contributed by atoms with Gasteiger partial charge in [0.1, 0.15) is 5.92 Å². The van der Waals surface area contributed by atoms with Crippen LogP contribution in [0.25, 0.3) is 11.3 Å². The Morgan fingerprint density at radius 3 is 2.57 bits per heavy atom. The number of nitrogens with zero attached hydrogens (tertiary/aromatic N) is 4. The molecule has 0 amide bonds. The summed E-state index contributed by atoms with van der Waals surface area (Å²) in [6.07, 6.45) is 1.62. The van der Waals surface area contributed by atoms with Gasteiger partial charge in [0.05, 0.1) is 23.2 Å². The second-order valence-electron chi connectivity index (χ2n) is 5.08. The van der Waals surface area contributed by atoms with Crippen molar-refractivity contribution in [3.8, 4) is 17.3 Å². The van der Waals surface area contributed by atoms with Crippen molar-refractivity contribution in [1.29, 1.82) is 5.26 Å². The fraction of sp³-hybridized carbons (Fsp3) is 0.111. The standard InChI is InChI=1S/C18H13ClN4/c1-12-11-21-18(19)23-17(12)14(10-20)16-9-5-8-15(22-16)13-6-3-2-4-7-13/h2-9,11,14H,1H3. The maximum absolute atomic E-state index is 9.62. The van der Waals surface area contributed by atoms with E-state index in [1.807, 2.05) is 55.5 Å². The quantitative estimate of drug-likeness (QED) is 0.680. The maximum Gasteiger partial charge on any atom is 0.222 e. The van der Waals surface area contributed by atoms with Gasteiger partial charge >= 0.3 is 0 Å². The molecule has 2 heterocycles. The molecule has 5 heteroatoms. The molecule has 112 valence electrons. The Hall–Kier alpha value is -2.77. The van der Waals surface area contributed by atoms with Crippen LogP contribution in [0.3, 0.4) is 0 Å². The first-order valence-electron chi connectivity index (χ1n) is 7.10. The minimum atomic E-state index is -0.584. The van der Waals surface area contributed by atoms with Crippen LogP contribution in [0.5, 0.6) is 0 Å². The van der Waals surface area contributed by atoms with Crippen LogP contribution in [0.1, 0.15) is 22.9 Å². The normalized spacial score (nSPS) is 11.7. The highest BCUT2D eigenvalue weighted by molar-refractivity contribution is 6.28. The fourth-order valence-corrected chi connectivity index (χ4v) is 2.51. The second kappa shape index (κ2) is 6.55. The van der Waals surface area contributed by atoms with E-state index in [4.69, 9.17) is 11.6 Å². The van der Waals surface area contributed by atoms with Gasteiger partial charge in [-0.1, -0.05) is 36.4 Å². The average Bonchev–Trinajstić information content (AvgIpc) is 2.60. The SMILES string of the molecule is Cc1cnc(Cl)nc1C(C#N)c1cccc(-c2ccccc2)n1. The van der Waals surface area contributed by atoms with Crippen molar-refractivity contribution in [2.45, 2.75) is 12.8 Å². The lowest BCUT2D eigenvalue weighted by Gasteiger charge is -2.12. The summed E-state index contributed by atoms with van der Waals surface area (Å²) in [4.78, 5) is 12.8. The smallest absolute Gasteiger partial charge is 0.222 e. The van der Waals surface area contributed by atoms with Crippen molar-refractivity contribution in [2.75, 3.05) is 0 Å². The van der Waals surface area contributed by atoms with Gasteiger partial charge in [0.2, 0.25) is 5.28 Å². The number of pyridine rings is 1. The molecule has 0 aliphatic carbocycles. The Morgan fingerprint density at radius 2 is 1.83 bits per heavy atom. The van der Waals surface area contributed by atoms with Gasteiger partial charge in [-0.15, -0.1) is 0 Å². The van der Waals surface area contributed by atoms with E-state index in [2.05, 4.69) is 21.0 Å². The molecule has 0 N–H and O–H groups in total. The molecule has 0 saturated heterocycles. The Kier molecular flexibility index (Phi) is 4.31. The van der Waals surface area contributed by atoms with E-state index in [0.717, 1.165) is 16.8 Å². The molecule has 0 aliphatic heterocycles. The summed E-state index contributed by atoms with van der Waals surface area (Å²) in [7, 11) is 0. The molecule has 0 aliphatic rings. The van der Waals surface area contributed by atoms with E-state index >= 15 is 0 Å². The fourth-order valence-electron chi connectivity index (χ4n) is 2.37. The third-order valence-electron chi connectivity index (χ3n) is 3.52. The van der Waals surface area contributed by atoms with Crippen molar-refractivity contribution in [3.05, 3.63) is 77.0 Å². The molecule has 3 aromatic rings. The number of halogens is 1. The Labute approximate surface area is 139 Å². The number of hydrogen-bond donors (Lipinski definition) is 0. The van der Waals surface area contributed by atoms with Crippen molar-refractivity contribution in [1.82, 2.24) is 15.0 Å². The zero-order valence-corrected chi connectivity index (χ0v) is 13.2. The third-order valence-corrected chi connectivity index (χ3v) is 3.70. The van der Waals surface area contributed by atoms with E-state index in [1.54, 1.807) is 6.20 Å². The Morgan fingerprint density at radius 1 is 1.04 bits per heavy atom. The lowest BCUT2D eigenvalue weighted by Crippen LogP contribution is -2.07. The Bertz CT molecular complexity index is 872. The van der Waals surface area contributed by atoms with Crippen LogP contribution in [0, 0.1) is 18.3 Å². The zero-order valence-electron chi connectivity index (χ0n) is 12.4. The maximum atomic E-state index is 9.62. The summed E-state index contributed by atoms with van der Waals surface area (Å²) in [6.45, 7) is 1.86. The van der Waals surface area contributed by atoms with Crippen LogP contribution < -0.4 is 0 Å². The number of benzene rings is 1. The molecule has 23 heavy (non-hydrogen) atoms. The van der Waals surface area contributed by atoms with Crippen LogP contribution >= 0.6 is 11.6 Å². The molecule has 1 aromatic carbocycles. The van der Waals surface area contributed by atoms with Gasteiger partial charge < -0.3 is 0 Å². The summed E-state index contributed by atoms with van der Waals surface area (Å²) >= 11 is 5.88. The van der Waals surface area contributed by atoms with E-state index < -0.39 is 5.92 Å². The summed E-state index contributed by atoms with van der Waals surface area (Å²) in [5.74, 6) is -0.584. The monoisotopic (exact) mass is 320 g/mol. The lowest BCUT2D eigenvalue weighted by molar-refractivity contribution is 0.888. The number of rotatable bonds is 3. The predicted molar refractivity (Wildman–Crippen MR) is 88.9 cm³/mol. The molecule has 2 aromatic heterocycles. The first kappa shape index (κ1) is 15.1. The molecule has 0 radical (unpaired) electrons. The van der Waals surface area contributed by atoms with Crippen molar-refractivity contribution < 1.29 is 0 Å². The average molecular weight is 321 g/mol. The third kappa shape index (κ3) is 3.20. The van der Waals surface area contributed by atoms with E-state index in [1.165, 1.54) is 0 Å². The molecule has 3 rings (SSSR count). The molecule has 4 nitrogen and oxygen atoms in total. The summed E-state index contributed by atoms with van der Waals surface area (Å²) in [6, 6.07) is 17.8. The van der Waals surface area contributed by atoms with Crippen LogP contribution in [0.15, 0.2) is 54.7 Å². The van der Waals surface area contributed by atoms with Gasteiger partial charge in [0.15, 0.2) is 0 Å². The lowest BCUT2D eigenvalue weighted by atomic mass is 9.98. The highest BCUT2D eigenvalue weighted by Crippen LogP contribution is 2.26. The molecular weight excluding hydrogens is 308 g/mol. The first-order valence-corrected chi connectivity index (χ1v) is 7.48. The van der Waals surface area contributed by atoms with Crippen LogP contribution in [-0.2, 0) is 0 Å². The molecule has 0 spiro atoms. The Balaban J connectivity index is 2.06. The minimum absolute atomic E-state index is 0.130. The van der Waals surface area contributed by atoms with Gasteiger partial charge in [-0.05, 0) is 36.2 Å². The van der Waals surface area contributed by atoms with E-state index in [-0.39, 0.29) is 5.28 Å². The largest absolute Gasteiger partial charge is 0.251 e. The molecular formula is C18H13ClN4. The van der Waals surface area contributed by atoms with E-state index in [9.17, 15) is 5.26 Å². The van der Waals surface area contributed by atoms with Crippen molar-refractivity contribution >= 4 is 11.6 Å². The zero-order chi connectivity index (χ0) is 16.2. The van der Waals surface area contributed by atoms with Gasteiger partial charge in [0.25, 0.3) is 0 Å².